The average Bonchev–Trinajstić information content (AvgIpc) is 0.739. The molecule has 0 amide bonds. The van der Waals surface area contributed by atoms with E-state index in [4.69, 9.17) is 103 Å². The van der Waals surface area contributed by atoms with Gasteiger partial charge in [-0.05, 0) is 264 Å². The Morgan fingerprint density at radius 3 is 0.660 bits per heavy atom. The van der Waals surface area contributed by atoms with E-state index in [-0.39, 0.29) is 166 Å². The first-order chi connectivity index (χ1) is 67.7. The zero-order valence-corrected chi connectivity index (χ0v) is 109. The van der Waals surface area contributed by atoms with Crippen molar-refractivity contribution in [2.45, 2.75) is 362 Å². The maximum atomic E-state index is 11.4. The summed E-state index contributed by atoms with van der Waals surface area (Å²) >= 11 is 24.2. The Balaban J connectivity index is -0.000000399. The molecule has 0 aromatic heterocycles. The van der Waals surface area contributed by atoms with Crippen LogP contribution in [-0.2, 0) is 97.4 Å². The van der Waals surface area contributed by atoms with Crippen LogP contribution in [0.15, 0.2) is 106 Å². The average molecular weight is 2250 g/mol. The van der Waals surface area contributed by atoms with Gasteiger partial charge in [0.25, 0.3) is 0 Å². The number of hydrogen-bond acceptors (Lipinski definition) is 24. The van der Waals surface area contributed by atoms with Crippen molar-refractivity contribution in [1.82, 2.24) is 9.44 Å². The Morgan fingerprint density at radius 1 is 0.307 bits per heavy atom. The standard InChI is InChI=1S/2C22H38ClNO3S.2C16H24ClNOS.2C7H16O2.4C6H13O2.4Li/c2*1-16(2)19(27-15-26-6)20(24-28(7,25)21(3,4)5)22(13-8-14-22)17-9-11-18(23)12-10-17;2*1-15(2,3)20(4,19)18-12-16(10-5-11-16)13-6-8-14(17)9-7-13;2*1-6(2)7(3)9-5-8-4;4*1-6(2)4-8-5-7-3;;;;/h2*9-12,16,19-20,24-25H,8,13-15H2,1-7H3;2*6-9,12,19H,5,10-11H2,1-4H3;2*6-7H,5H2,1-4H3;4*4,6H,5H2,1-3H3;;;;/q;;;;;;4*-1;4*+1/t19-,20+;19-,20-;;;2*7-;;;;;;;;/m10..10......../s1. The van der Waals surface area contributed by atoms with Gasteiger partial charge in [0.05, 0.1) is 36.5 Å². The minimum Gasteiger partial charge on any atom is -0.532 e. The van der Waals surface area contributed by atoms with E-state index in [0.29, 0.717) is 88.5 Å². The summed E-state index contributed by atoms with van der Waals surface area (Å²) in [6, 6.07) is 32.3. The Labute approximate surface area is 990 Å². The summed E-state index contributed by atoms with van der Waals surface area (Å²) < 4.78 is 141. The summed E-state index contributed by atoms with van der Waals surface area (Å²) in [7, 11) is 4.87. The zero-order valence-electron chi connectivity index (χ0n) is 102. The van der Waals surface area contributed by atoms with E-state index in [1.807, 2.05) is 141 Å². The molecule has 4 aliphatic carbocycles. The van der Waals surface area contributed by atoms with Crippen LogP contribution >= 0.6 is 88.4 Å². The first-order valence-electron chi connectivity index (χ1n) is 51.6. The maximum absolute atomic E-state index is 11.4. The van der Waals surface area contributed by atoms with E-state index in [0.717, 1.165) is 71.5 Å². The van der Waals surface area contributed by atoms with Crippen molar-refractivity contribution in [3.8, 4) is 0 Å². The van der Waals surface area contributed by atoms with Crippen LogP contribution in [0.1, 0.15) is 307 Å². The molecule has 36 heteroatoms. The summed E-state index contributed by atoms with van der Waals surface area (Å²) in [5.74, 6) is 3.59. The number of benzene rings is 4. The molecule has 0 saturated heterocycles. The molecule has 4 aliphatic rings. The molecule has 0 bridgehead atoms. The number of methoxy groups -OCH3 is 8. The topological polar surface area (TPSA) is 277 Å². The third-order valence-corrected chi connectivity index (χ3v) is 38.9. The number of ether oxygens (including phenoxy) is 16. The van der Waals surface area contributed by atoms with Gasteiger partial charge in [-0.1, -0.05) is 252 Å². The van der Waals surface area contributed by atoms with E-state index >= 15 is 0 Å². The summed E-state index contributed by atoms with van der Waals surface area (Å²) in [5.41, 5.74) is 4.83. The molecule has 8 rings (SSSR count). The molecule has 4 fully saturated rings. The smallest absolute Gasteiger partial charge is 0.532 e. The van der Waals surface area contributed by atoms with Crippen LogP contribution in [0, 0.1) is 73.8 Å². The Kier molecular flexibility index (Phi) is 87.8. The molecule has 10 atom stereocenters. The summed E-state index contributed by atoms with van der Waals surface area (Å²) in [6.45, 7) is 72.2. The molecule has 4 unspecified atom stereocenters. The number of rotatable bonds is 48. The molecule has 24 nitrogen and oxygen atoms in total. The van der Waals surface area contributed by atoms with Crippen LogP contribution in [0.4, 0.5) is 0 Å². The number of nitrogens with one attached hydrogen (secondary N) is 2. The van der Waals surface area contributed by atoms with Crippen LogP contribution < -0.4 is 84.9 Å². The van der Waals surface area contributed by atoms with Crippen molar-refractivity contribution in [2.24, 2.45) is 56.1 Å². The molecule has 0 spiro atoms. The van der Waals surface area contributed by atoms with E-state index in [9.17, 15) is 18.2 Å². The van der Waals surface area contributed by atoms with E-state index in [1.165, 1.54) is 47.9 Å². The molecular formula is C114H208Cl4Li4N4O20S4. The molecule has 0 radical (unpaired) electrons. The second-order valence-electron chi connectivity index (χ2n) is 45.0. The van der Waals surface area contributed by atoms with Gasteiger partial charge in [0.15, 0.2) is 0 Å². The van der Waals surface area contributed by atoms with Gasteiger partial charge in [-0.15, -0.1) is 0 Å². The van der Waals surface area contributed by atoms with Crippen LogP contribution in [0.3, 0.4) is 0 Å². The quantitative estimate of drug-likeness (QED) is 0.00788. The van der Waals surface area contributed by atoms with Crippen LogP contribution in [-0.4, -0.2) is 222 Å². The van der Waals surface area contributed by atoms with E-state index in [2.05, 4.69) is 238 Å². The van der Waals surface area contributed by atoms with Gasteiger partial charge < -0.3 is 94.0 Å². The van der Waals surface area contributed by atoms with Crippen LogP contribution in [0.5, 0.6) is 0 Å². The Hall–Kier alpha value is 0.290. The minimum atomic E-state index is -2.07. The summed E-state index contributed by atoms with van der Waals surface area (Å²) in [6.07, 6.45) is 25.4. The monoisotopic (exact) mass is 2250 g/mol. The van der Waals surface area contributed by atoms with E-state index in [1.54, 1.807) is 83.3 Å². The molecule has 4 saturated carbocycles. The Bertz CT molecular complexity index is 3710. The molecule has 860 valence electrons. The number of halogens is 4. The fourth-order valence-corrected chi connectivity index (χ4v) is 18.4. The van der Waals surface area contributed by atoms with Gasteiger partial charge in [0.1, 0.15) is 54.3 Å². The fraction of sp³-hybridized carbons (Fsp3) is 0.737. The fourth-order valence-electron chi connectivity index (χ4n) is 14.0. The van der Waals surface area contributed by atoms with Gasteiger partial charge >= 0.3 is 75.4 Å². The molecule has 0 heterocycles. The molecule has 150 heavy (non-hydrogen) atoms. The van der Waals surface area contributed by atoms with Gasteiger partial charge in [-0.25, -0.2) is 35.2 Å². The van der Waals surface area contributed by atoms with Gasteiger partial charge in [-0.2, -0.15) is 23.7 Å². The maximum Gasteiger partial charge on any atom is 1.00 e. The predicted molar refractivity (Wildman–Crippen MR) is 628 cm³/mol. The molecule has 0 aliphatic heterocycles. The minimum absolute atomic E-state index is 0. The second kappa shape index (κ2) is 81.8. The van der Waals surface area contributed by atoms with Crippen molar-refractivity contribution in [1.29, 1.82) is 0 Å². The molecule has 4 aromatic carbocycles. The van der Waals surface area contributed by atoms with Gasteiger partial charge in [-0.3, -0.25) is 9.44 Å². The largest absolute Gasteiger partial charge is 1.00 e. The van der Waals surface area contributed by atoms with Crippen molar-refractivity contribution >= 4 is 101 Å². The second-order valence-corrected chi connectivity index (χ2v) is 59.4. The van der Waals surface area contributed by atoms with Gasteiger partial charge in [0.2, 0.25) is 0 Å². The first-order valence-corrected chi connectivity index (χ1v) is 61.0. The summed E-state index contributed by atoms with van der Waals surface area (Å²) in [4.78, 5) is 0. The SMILES string of the molecule is CC(C)(C)S(C)(O)N=CC1(c2ccc(Cl)cc2)CCC1.CC(C)(C)S(C)(O)N=CC1(c2ccc(Cl)cc2)CCC1.COCO[C@@H](C(C)C)[C@H](NS(C)(O)C(C)(C)C)C1(c2ccc(Cl)cc2)CCC1.COCO[C@@H](C)C(C)C.COCO[C@H](C(C)C)[C@H](NS(C)(O)C(C)(C)C)C1(c2ccc(Cl)cc2)CCC1.COCO[C@H](C)C(C)C.COCO[CH-]C(C)C.COCO[CH-]C(C)C.COCO[CH-]C(C)C.COCO[CH-]C(C)C.[Li+].[Li+].[Li+].[Li+]. The summed E-state index contributed by atoms with van der Waals surface area (Å²) in [5, 5.41) is 3.00. The molecule has 6 N–H and O–H groups in total. The van der Waals surface area contributed by atoms with Gasteiger partial charge in [0, 0.05) is 155 Å². The third-order valence-electron chi connectivity index (χ3n) is 26.0. The van der Waals surface area contributed by atoms with Crippen molar-refractivity contribution in [2.75, 3.05) is 136 Å². The number of hydrogen-bond donors (Lipinski definition) is 6. The number of nitrogens with zero attached hydrogens (tertiary/aromatic N) is 2. The van der Waals surface area contributed by atoms with Crippen molar-refractivity contribution < 1.29 is 169 Å². The van der Waals surface area contributed by atoms with Crippen molar-refractivity contribution in [3.63, 3.8) is 0 Å². The normalized spacial score (nSPS) is 18.4. The van der Waals surface area contributed by atoms with E-state index < -0.39 is 42.0 Å². The predicted octanol–water partition coefficient (Wildman–Crippen LogP) is 19.9. The third kappa shape index (κ3) is 61.7. The molecule has 4 aromatic rings. The van der Waals surface area contributed by atoms with Crippen LogP contribution in [0.2, 0.25) is 20.1 Å². The zero-order chi connectivity index (χ0) is 113. The first kappa shape index (κ1) is 161. The molecular weight excluding hydrogens is 2040 g/mol. The van der Waals surface area contributed by atoms with Crippen molar-refractivity contribution in [3.05, 3.63) is 166 Å². The Morgan fingerprint density at radius 2 is 0.507 bits per heavy atom. The van der Waals surface area contributed by atoms with Crippen LogP contribution in [0.25, 0.3) is 0 Å².